The van der Waals surface area contributed by atoms with Gasteiger partial charge in [0, 0.05) is 16.3 Å². The van der Waals surface area contributed by atoms with E-state index in [0.717, 1.165) is 28.3 Å². The molecule has 0 aliphatic heterocycles. The highest BCUT2D eigenvalue weighted by atomic mass is 32.2. The van der Waals surface area contributed by atoms with Gasteiger partial charge >= 0.3 is 0 Å². The molecule has 78 valence electrons. The minimum absolute atomic E-state index is 0.221. The first-order valence-corrected chi connectivity index (χ1v) is 5.79. The fraction of sp³-hybridized carbons (Fsp3) is 0.455. The van der Waals surface area contributed by atoms with E-state index >= 15 is 0 Å². The molecule has 1 aromatic rings. The maximum atomic E-state index is 9.43. The van der Waals surface area contributed by atoms with Crippen molar-refractivity contribution in [2.45, 2.75) is 31.3 Å². The fourth-order valence-electron chi connectivity index (χ4n) is 1.09. The minimum Gasteiger partial charge on any atom is -0.398 e. The van der Waals surface area contributed by atoms with Gasteiger partial charge in [0.1, 0.15) is 0 Å². The highest BCUT2D eigenvalue weighted by molar-refractivity contribution is 7.99. The lowest BCUT2D eigenvalue weighted by atomic mass is 10.2. The molecule has 0 fully saturated rings. The van der Waals surface area contributed by atoms with Crippen LogP contribution in [0.25, 0.3) is 0 Å². The predicted molar refractivity (Wildman–Crippen MR) is 62.6 cm³/mol. The quantitative estimate of drug-likeness (QED) is 0.594. The Hall–Kier alpha value is -0.670. The maximum absolute atomic E-state index is 9.43. The zero-order chi connectivity index (χ0) is 10.6. The van der Waals surface area contributed by atoms with E-state index < -0.39 is 0 Å². The van der Waals surface area contributed by atoms with E-state index in [-0.39, 0.29) is 6.10 Å². The van der Waals surface area contributed by atoms with Gasteiger partial charge in [0.2, 0.25) is 0 Å². The molecule has 3 heteroatoms. The third kappa shape index (κ3) is 2.93. The standard InChI is InChI=1S/C11H17NOS/c1-3-9(13)7-14-11-6-4-5-10(12)8(11)2/h4-6,9,13H,3,7,12H2,1-2H3. The third-order valence-corrected chi connectivity index (χ3v) is 3.53. The molecule has 0 aliphatic rings. The van der Waals surface area contributed by atoms with Crippen LogP contribution in [0, 0.1) is 6.92 Å². The molecule has 1 unspecified atom stereocenters. The molecule has 0 radical (unpaired) electrons. The molecule has 14 heavy (non-hydrogen) atoms. The summed E-state index contributed by atoms with van der Waals surface area (Å²) in [6, 6.07) is 5.89. The number of aliphatic hydroxyl groups excluding tert-OH is 1. The molecule has 0 saturated heterocycles. The molecule has 0 bridgehead atoms. The highest BCUT2D eigenvalue weighted by Gasteiger charge is 2.05. The van der Waals surface area contributed by atoms with E-state index in [1.807, 2.05) is 32.0 Å². The number of anilines is 1. The monoisotopic (exact) mass is 211 g/mol. The zero-order valence-electron chi connectivity index (χ0n) is 8.66. The first-order chi connectivity index (χ1) is 6.65. The van der Waals surface area contributed by atoms with Crippen molar-refractivity contribution in [2.24, 2.45) is 0 Å². The average Bonchev–Trinajstić information content (AvgIpc) is 2.20. The van der Waals surface area contributed by atoms with E-state index in [1.54, 1.807) is 11.8 Å². The van der Waals surface area contributed by atoms with Crippen molar-refractivity contribution in [1.82, 2.24) is 0 Å². The molecule has 1 atom stereocenters. The Morgan fingerprint density at radius 2 is 2.21 bits per heavy atom. The predicted octanol–water partition coefficient (Wildman–Crippen LogP) is 2.44. The lowest BCUT2D eigenvalue weighted by molar-refractivity contribution is 0.195. The number of nitrogens with two attached hydrogens (primary N) is 1. The molecule has 0 aromatic heterocycles. The van der Waals surface area contributed by atoms with Gasteiger partial charge in [-0.15, -0.1) is 11.8 Å². The van der Waals surface area contributed by atoms with E-state index in [2.05, 4.69) is 0 Å². The number of aliphatic hydroxyl groups is 1. The molecule has 3 N–H and O–H groups in total. The van der Waals surface area contributed by atoms with Gasteiger partial charge in [0.25, 0.3) is 0 Å². The maximum Gasteiger partial charge on any atom is 0.0631 e. The van der Waals surface area contributed by atoms with Crippen LogP contribution in [-0.4, -0.2) is 17.0 Å². The number of benzene rings is 1. The van der Waals surface area contributed by atoms with Gasteiger partial charge in [-0.2, -0.15) is 0 Å². The number of hydrogen-bond acceptors (Lipinski definition) is 3. The average molecular weight is 211 g/mol. The Morgan fingerprint density at radius 1 is 1.50 bits per heavy atom. The molecule has 0 heterocycles. The SMILES string of the molecule is CCC(O)CSc1cccc(N)c1C. The highest BCUT2D eigenvalue weighted by Crippen LogP contribution is 2.26. The van der Waals surface area contributed by atoms with Gasteiger partial charge < -0.3 is 10.8 Å². The Balaban J connectivity index is 2.63. The van der Waals surface area contributed by atoms with E-state index in [4.69, 9.17) is 5.73 Å². The Labute approximate surface area is 89.5 Å². The van der Waals surface area contributed by atoms with Gasteiger partial charge in [-0.1, -0.05) is 13.0 Å². The summed E-state index contributed by atoms with van der Waals surface area (Å²) in [6.45, 7) is 3.99. The first-order valence-electron chi connectivity index (χ1n) is 4.81. The van der Waals surface area contributed by atoms with Crippen molar-refractivity contribution in [1.29, 1.82) is 0 Å². The molecule has 1 aromatic carbocycles. The van der Waals surface area contributed by atoms with Gasteiger partial charge in [0.05, 0.1) is 6.10 Å². The molecule has 0 spiro atoms. The second-order valence-corrected chi connectivity index (χ2v) is 4.41. The molecule has 0 saturated carbocycles. The largest absolute Gasteiger partial charge is 0.398 e. The van der Waals surface area contributed by atoms with Crippen molar-refractivity contribution in [2.75, 3.05) is 11.5 Å². The second kappa shape index (κ2) is 5.27. The van der Waals surface area contributed by atoms with Crippen LogP contribution in [0.2, 0.25) is 0 Å². The van der Waals surface area contributed by atoms with Crippen molar-refractivity contribution in [3.8, 4) is 0 Å². The summed E-state index contributed by atoms with van der Waals surface area (Å²) < 4.78 is 0. The third-order valence-electron chi connectivity index (χ3n) is 2.23. The number of hydrogen-bond donors (Lipinski definition) is 2. The van der Waals surface area contributed by atoms with Crippen LogP contribution in [0.15, 0.2) is 23.1 Å². The van der Waals surface area contributed by atoms with E-state index in [1.165, 1.54) is 0 Å². The molecule has 1 rings (SSSR count). The molecular weight excluding hydrogens is 194 g/mol. The topological polar surface area (TPSA) is 46.2 Å². The zero-order valence-corrected chi connectivity index (χ0v) is 9.47. The molecular formula is C11H17NOS. The van der Waals surface area contributed by atoms with Gasteiger partial charge in [-0.25, -0.2) is 0 Å². The van der Waals surface area contributed by atoms with Crippen LogP contribution in [-0.2, 0) is 0 Å². The summed E-state index contributed by atoms with van der Waals surface area (Å²) in [6.07, 6.45) is 0.579. The fourth-order valence-corrected chi connectivity index (χ4v) is 2.21. The summed E-state index contributed by atoms with van der Waals surface area (Å²) in [5.74, 6) is 0.737. The van der Waals surface area contributed by atoms with E-state index in [9.17, 15) is 5.11 Å². The van der Waals surface area contributed by atoms with Crippen LogP contribution in [0.5, 0.6) is 0 Å². The van der Waals surface area contributed by atoms with Crippen molar-refractivity contribution >= 4 is 17.4 Å². The van der Waals surface area contributed by atoms with Crippen LogP contribution in [0.4, 0.5) is 5.69 Å². The summed E-state index contributed by atoms with van der Waals surface area (Å²) >= 11 is 1.66. The number of rotatable bonds is 4. The first kappa shape index (κ1) is 11.4. The lowest BCUT2D eigenvalue weighted by Crippen LogP contribution is -2.07. The second-order valence-electron chi connectivity index (χ2n) is 3.34. The minimum atomic E-state index is -0.221. The summed E-state index contributed by atoms with van der Waals surface area (Å²) in [5.41, 5.74) is 7.72. The summed E-state index contributed by atoms with van der Waals surface area (Å²) in [5, 5.41) is 9.43. The van der Waals surface area contributed by atoms with Crippen molar-refractivity contribution < 1.29 is 5.11 Å². The van der Waals surface area contributed by atoms with Crippen LogP contribution in [0.3, 0.4) is 0 Å². The van der Waals surface area contributed by atoms with Crippen molar-refractivity contribution in [3.05, 3.63) is 23.8 Å². The summed E-state index contributed by atoms with van der Waals surface area (Å²) in [4.78, 5) is 1.16. The van der Waals surface area contributed by atoms with E-state index in [0.29, 0.717) is 0 Å². The molecule has 0 aliphatic carbocycles. The lowest BCUT2D eigenvalue weighted by Gasteiger charge is -2.10. The smallest absolute Gasteiger partial charge is 0.0631 e. The van der Waals surface area contributed by atoms with Crippen LogP contribution < -0.4 is 5.73 Å². The van der Waals surface area contributed by atoms with Crippen molar-refractivity contribution in [3.63, 3.8) is 0 Å². The Bertz CT molecular complexity index is 301. The Morgan fingerprint density at radius 3 is 2.86 bits per heavy atom. The number of thioether (sulfide) groups is 1. The van der Waals surface area contributed by atoms with Gasteiger partial charge in [-0.05, 0) is 31.0 Å². The molecule has 2 nitrogen and oxygen atoms in total. The normalized spacial score (nSPS) is 12.8. The Kier molecular flexibility index (Phi) is 4.29. The van der Waals surface area contributed by atoms with Crippen LogP contribution in [0.1, 0.15) is 18.9 Å². The van der Waals surface area contributed by atoms with Gasteiger partial charge in [-0.3, -0.25) is 0 Å². The summed E-state index contributed by atoms with van der Waals surface area (Å²) in [7, 11) is 0. The van der Waals surface area contributed by atoms with Gasteiger partial charge in [0.15, 0.2) is 0 Å². The number of nitrogen functional groups attached to an aromatic ring is 1. The van der Waals surface area contributed by atoms with Crippen LogP contribution >= 0.6 is 11.8 Å². The molecule has 0 amide bonds.